The maximum Gasteiger partial charge on any atom is 0.282 e. The van der Waals surface area contributed by atoms with Gasteiger partial charge in [0.1, 0.15) is 11.5 Å². The summed E-state index contributed by atoms with van der Waals surface area (Å²) in [6.45, 7) is 3.56. The van der Waals surface area contributed by atoms with Crippen LogP contribution in [0.5, 0.6) is 0 Å². The minimum absolute atomic E-state index is 0.319. The maximum atomic E-state index is 13.4. The Balaban J connectivity index is 1.83. The van der Waals surface area contributed by atoms with Gasteiger partial charge in [0.2, 0.25) is 0 Å². The molecule has 2 heterocycles. The van der Waals surface area contributed by atoms with E-state index in [-0.39, 0.29) is 11.7 Å². The molecule has 2 aromatic rings. The summed E-state index contributed by atoms with van der Waals surface area (Å²) >= 11 is 6.08. The normalized spacial score (nSPS) is 20.3. The van der Waals surface area contributed by atoms with E-state index in [1.807, 2.05) is 4.90 Å². The highest BCUT2D eigenvalue weighted by atomic mass is 35.5. The number of halogens is 2. The largest absolute Gasteiger partial charge is 0.366 e. The molecule has 28 heavy (non-hydrogen) atoms. The number of nitrogens with zero attached hydrogens (tertiary/aromatic N) is 2. The van der Waals surface area contributed by atoms with E-state index in [1.165, 1.54) is 17.0 Å². The van der Waals surface area contributed by atoms with Gasteiger partial charge in [0.25, 0.3) is 11.8 Å². The molecule has 4 rings (SSSR count). The van der Waals surface area contributed by atoms with Crippen LogP contribution in [-0.2, 0) is 9.59 Å². The molecule has 0 aromatic heterocycles. The summed E-state index contributed by atoms with van der Waals surface area (Å²) in [6.07, 6.45) is 2.05. The Morgan fingerprint density at radius 2 is 1.82 bits per heavy atom. The van der Waals surface area contributed by atoms with Crippen LogP contribution in [0.4, 0.5) is 10.1 Å². The second-order valence-corrected chi connectivity index (χ2v) is 7.79. The van der Waals surface area contributed by atoms with Crippen molar-refractivity contribution >= 4 is 34.7 Å². The van der Waals surface area contributed by atoms with Crippen molar-refractivity contribution in [1.82, 2.24) is 4.90 Å². The van der Waals surface area contributed by atoms with E-state index in [4.69, 9.17) is 11.6 Å². The molecule has 1 fully saturated rings. The van der Waals surface area contributed by atoms with Gasteiger partial charge in [0.15, 0.2) is 0 Å². The molecule has 0 radical (unpaired) electrons. The van der Waals surface area contributed by atoms with Crippen LogP contribution in [0.15, 0.2) is 54.2 Å². The number of likely N-dealkylation sites (tertiary alicyclic amines) is 1. The van der Waals surface area contributed by atoms with Crippen LogP contribution in [0.1, 0.15) is 25.3 Å². The van der Waals surface area contributed by atoms with Gasteiger partial charge in [0.05, 0.1) is 11.3 Å². The lowest BCUT2D eigenvalue weighted by Gasteiger charge is -2.33. The van der Waals surface area contributed by atoms with Gasteiger partial charge >= 0.3 is 0 Å². The fourth-order valence-electron chi connectivity index (χ4n) is 3.93. The van der Waals surface area contributed by atoms with Crippen molar-refractivity contribution < 1.29 is 14.0 Å². The Morgan fingerprint density at radius 3 is 2.50 bits per heavy atom. The molecule has 6 heteroatoms. The molecule has 0 spiro atoms. The Morgan fingerprint density at radius 1 is 1.07 bits per heavy atom. The molecule has 2 aliphatic heterocycles. The lowest BCUT2D eigenvalue weighted by atomic mass is 9.98. The summed E-state index contributed by atoms with van der Waals surface area (Å²) in [5, 5.41) is 0.446. The van der Waals surface area contributed by atoms with Crippen molar-refractivity contribution in [3.05, 3.63) is 70.6 Å². The van der Waals surface area contributed by atoms with Gasteiger partial charge in [-0.1, -0.05) is 36.7 Å². The van der Waals surface area contributed by atoms with Crippen molar-refractivity contribution in [2.24, 2.45) is 5.92 Å². The number of rotatable bonds is 3. The molecule has 2 aromatic carbocycles. The van der Waals surface area contributed by atoms with Crippen LogP contribution in [-0.4, -0.2) is 29.8 Å². The summed E-state index contributed by atoms with van der Waals surface area (Å²) in [7, 11) is 0. The SMILES string of the molecule is CC1CCCN(C2=C(c3ccc(F)cc3)C(=O)N(c3cccc(Cl)c3)C2=O)C1. The zero-order valence-electron chi connectivity index (χ0n) is 15.5. The number of anilines is 1. The van der Waals surface area contributed by atoms with Gasteiger partial charge in [0, 0.05) is 18.1 Å². The predicted molar refractivity (Wildman–Crippen MR) is 107 cm³/mol. The van der Waals surface area contributed by atoms with E-state index in [0.717, 1.165) is 12.8 Å². The van der Waals surface area contributed by atoms with Crippen molar-refractivity contribution in [3.63, 3.8) is 0 Å². The number of carbonyl (C=O) groups is 2. The third-order valence-corrected chi connectivity index (χ3v) is 5.47. The molecule has 0 bridgehead atoms. The first-order chi connectivity index (χ1) is 13.5. The Bertz CT molecular complexity index is 971. The number of hydrogen-bond acceptors (Lipinski definition) is 3. The minimum Gasteiger partial charge on any atom is -0.366 e. The van der Waals surface area contributed by atoms with Crippen LogP contribution < -0.4 is 4.90 Å². The standard InChI is InChI=1S/C22H20ClFN2O2/c1-14-4-3-11-25(13-14)20-19(15-7-9-17(24)10-8-15)21(27)26(22(20)28)18-6-2-5-16(23)12-18/h2,5-10,12,14H,3-4,11,13H2,1H3. The van der Waals surface area contributed by atoms with Gasteiger partial charge in [-0.3, -0.25) is 9.59 Å². The smallest absolute Gasteiger partial charge is 0.282 e. The van der Waals surface area contributed by atoms with E-state index in [1.54, 1.807) is 36.4 Å². The molecule has 1 saturated heterocycles. The summed E-state index contributed by atoms with van der Waals surface area (Å²) in [4.78, 5) is 29.9. The predicted octanol–water partition coefficient (Wildman–Crippen LogP) is 4.50. The Hall–Kier alpha value is -2.66. The van der Waals surface area contributed by atoms with Gasteiger partial charge in [-0.15, -0.1) is 0 Å². The molecule has 1 unspecified atom stereocenters. The van der Waals surface area contributed by atoms with Crippen LogP contribution in [0, 0.1) is 11.7 Å². The topological polar surface area (TPSA) is 40.6 Å². The van der Waals surface area contributed by atoms with Gasteiger partial charge in [-0.2, -0.15) is 0 Å². The fourth-order valence-corrected chi connectivity index (χ4v) is 4.12. The van der Waals surface area contributed by atoms with E-state index in [9.17, 15) is 14.0 Å². The molecule has 1 atom stereocenters. The number of imide groups is 1. The quantitative estimate of drug-likeness (QED) is 0.715. The fraction of sp³-hybridized carbons (Fsp3) is 0.273. The zero-order chi connectivity index (χ0) is 19.8. The van der Waals surface area contributed by atoms with Gasteiger partial charge in [-0.25, -0.2) is 9.29 Å². The monoisotopic (exact) mass is 398 g/mol. The first-order valence-corrected chi connectivity index (χ1v) is 9.73. The lowest BCUT2D eigenvalue weighted by molar-refractivity contribution is -0.120. The molecular weight excluding hydrogens is 379 g/mol. The second-order valence-electron chi connectivity index (χ2n) is 7.35. The highest BCUT2D eigenvalue weighted by molar-refractivity contribution is 6.45. The first kappa shape index (κ1) is 18.7. The molecular formula is C22H20ClFN2O2. The van der Waals surface area contributed by atoms with Crippen molar-refractivity contribution in [2.75, 3.05) is 18.0 Å². The lowest BCUT2D eigenvalue weighted by Crippen LogP contribution is -2.39. The number of amides is 2. The average molecular weight is 399 g/mol. The second kappa shape index (κ2) is 7.40. The van der Waals surface area contributed by atoms with Gasteiger partial charge < -0.3 is 4.90 Å². The maximum absolute atomic E-state index is 13.4. The molecule has 2 amide bonds. The van der Waals surface area contributed by atoms with Crippen molar-refractivity contribution in [2.45, 2.75) is 19.8 Å². The highest BCUT2D eigenvalue weighted by Gasteiger charge is 2.43. The highest BCUT2D eigenvalue weighted by Crippen LogP contribution is 2.37. The summed E-state index contributed by atoms with van der Waals surface area (Å²) < 4.78 is 13.4. The zero-order valence-corrected chi connectivity index (χ0v) is 16.2. The number of benzene rings is 2. The Kier molecular flexibility index (Phi) is 4.94. The minimum atomic E-state index is -0.410. The van der Waals surface area contributed by atoms with Crippen LogP contribution in [0.25, 0.3) is 5.57 Å². The third-order valence-electron chi connectivity index (χ3n) is 5.23. The number of carbonyl (C=O) groups excluding carboxylic acids is 2. The molecule has 0 saturated carbocycles. The Labute approximate surface area is 168 Å². The molecule has 144 valence electrons. The molecule has 0 aliphatic carbocycles. The van der Waals surface area contributed by atoms with E-state index in [2.05, 4.69) is 6.92 Å². The molecule has 4 nitrogen and oxygen atoms in total. The van der Waals surface area contributed by atoms with E-state index >= 15 is 0 Å². The van der Waals surface area contributed by atoms with E-state index < -0.39 is 5.91 Å². The number of hydrogen-bond donors (Lipinski definition) is 0. The van der Waals surface area contributed by atoms with Gasteiger partial charge in [-0.05, 0) is 54.7 Å². The van der Waals surface area contributed by atoms with Crippen LogP contribution >= 0.6 is 11.6 Å². The van der Waals surface area contributed by atoms with Crippen molar-refractivity contribution in [1.29, 1.82) is 0 Å². The average Bonchev–Trinajstić information content (AvgIpc) is 2.93. The first-order valence-electron chi connectivity index (χ1n) is 9.35. The molecule has 0 N–H and O–H groups in total. The summed E-state index contributed by atoms with van der Waals surface area (Å²) in [5.41, 5.74) is 1.68. The summed E-state index contributed by atoms with van der Waals surface area (Å²) in [6, 6.07) is 12.4. The van der Waals surface area contributed by atoms with Crippen LogP contribution in [0.2, 0.25) is 5.02 Å². The summed E-state index contributed by atoms with van der Waals surface area (Å²) in [5.74, 6) is -0.729. The molecule has 2 aliphatic rings. The van der Waals surface area contributed by atoms with Crippen LogP contribution in [0.3, 0.4) is 0 Å². The van der Waals surface area contributed by atoms with Crippen molar-refractivity contribution in [3.8, 4) is 0 Å². The third kappa shape index (κ3) is 3.31. The number of piperidine rings is 1. The van der Waals surface area contributed by atoms with E-state index in [0.29, 0.717) is 46.6 Å².